The first-order valence-corrected chi connectivity index (χ1v) is 17.3. The first-order valence-electron chi connectivity index (χ1n) is 13.9. The molecule has 7 heteroatoms. The third kappa shape index (κ3) is 4.38. The Balaban J connectivity index is 1.38. The number of nitrogens with zero attached hydrogens (tertiary/aromatic N) is 1. The molecule has 2 bridgehead atoms. The van der Waals surface area contributed by atoms with Crippen molar-refractivity contribution < 1.29 is 9.36 Å². The van der Waals surface area contributed by atoms with Crippen LogP contribution in [0.1, 0.15) is 51.6 Å². The number of nitrogens with one attached hydrogen (secondary N) is 1. The number of carbonyl (C=O) groups is 1. The van der Waals surface area contributed by atoms with Gasteiger partial charge in [-0.1, -0.05) is 85.2 Å². The van der Waals surface area contributed by atoms with E-state index in [1.54, 1.807) is 11.9 Å². The molecule has 3 aromatic rings. The Morgan fingerprint density at radius 2 is 1.67 bits per heavy atom. The smallest absolute Gasteiger partial charge is 0.237 e. The zero-order valence-corrected chi connectivity index (χ0v) is 26.0. The Bertz CT molecular complexity index is 1370. The molecule has 1 amide bonds. The van der Waals surface area contributed by atoms with Gasteiger partial charge in [-0.25, -0.2) is 0 Å². The first kappa shape index (κ1) is 27.3. The highest BCUT2D eigenvalue weighted by molar-refractivity contribution is 9.10. The van der Waals surface area contributed by atoms with Crippen LogP contribution in [0.4, 0.5) is 0 Å². The van der Waals surface area contributed by atoms with Crippen molar-refractivity contribution in [3.63, 3.8) is 0 Å². The fraction of sp³-hybridized carbons (Fsp3) is 0.406. The van der Waals surface area contributed by atoms with E-state index in [2.05, 4.69) is 39.2 Å². The van der Waals surface area contributed by atoms with Crippen molar-refractivity contribution in [2.45, 2.75) is 52.1 Å². The topological polar surface area (TPSA) is 49.4 Å². The summed E-state index contributed by atoms with van der Waals surface area (Å²) in [5, 5.41) is 5.07. The van der Waals surface area contributed by atoms with Gasteiger partial charge >= 0.3 is 0 Å². The molecule has 1 spiro atoms. The monoisotopic (exact) mass is 622 g/mol. The number of amides is 1. The number of carbonyl (C=O) groups excluding carboxylic acids is 1. The Morgan fingerprint density at radius 3 is 2.26 bits per heavy atom. The fourth-order valence-electron chi connectivity index (χ4n) is 7.48. The van der Waals surface area contributed by atoms with Gasteiger partial charge in [0.15, 0.2) is 0 Å². The summed E-state index contributed by atoms with van der Waals surface area (Å²) in [5.41, 5.74) is 1.42. The lowest BCUT2D eigenvalue weighted by Crippen LogP contribution is -2.46. The van der Waals surface area contributed by atoms with E-state index in [4.69, 9.17) is 0 Å². The molecule has 2 aliphatic carbocycles. The highest BCUT2D eigenvalue weighted by Crippen LogP contribution is 2.71. The Hall–Kier alpha value is -1.85. The molecule has 0 aromatic heterocycles. The van der Waals surface area contributed by atoms with Gasteiger partial charge in [0.2, 0.25) is 13.2 Å². The third-order valence-corrected chi connectivity index (χ3v) is 14.6. The molecule has 3 fully saturated rings. The molecule has 2 saturated carbocycles. The summed E-state index contributed by atoms with van der Waals surface area (Å²) >= 11 is 5.35. The van der Waals surface area contributed by atoms with Crippen LogP contribution >= 0.6 is 35.2 Å². The summed E-state index contributed by atoms with van der Waals surface area (Å²) in [6.45, 7) is 6.85. The van der Waals surface area contributed by atoms with Crippen LogP contribution in [0.25, 0.3) is 0 Å². The average Bonchev–Trinajstić information content (AvgIpc) is 3.54. The molecule has 1 aliphatic heterocycles. The zero-order chi connectivity index (χ0) is 27.4. The summed E-state index contributed by atoms with van der Waals surface area (Å²) in [5.74, 6) is 1.42. The molecule has 4 nitrogen and oxygen atoms in total. The zero-order valence-electron chi connectivity index (χ0n) is 22.7. The molecule has 3 aliphatic rings. The van der Waals surface area contributed by atoms with E-state index in [-0.39, 0.29) is 22.8 Å². The molecular formula is C32H36BrN2O2PS. The SMILES string of the molecule is C[C@@H](C(=O)N1SC[C@@]23CC[C@@H](C[C@H]12)C3(C)C)[C@@H](NP(=O)(c1ccccc1)c1ccccc1)c1cccc(Br)c1. The number of rotatable bonds is 7. The van der Waals surface area contributed by atoms with Crippen LogP contribution in [0.3, 0.4) is 0 Å². The van der Waals surface area contributed by atoms with Crippen LogP contribution < -0.4 is 15.7 Å². The highest BCUT2D eigenvalue weighted by Gasteiger charge is 2.68. The van der Waals surface area contributed by atoms with Gasteiger partial charge in [-0.05, 0) is 84.5 Å². The van der Waals surface area contributed by atoms with Crippen molar-refractivity contribution in [1.82, 2.24) is 9.39 Å². The molecule has 0 radical (unpaired) electrons. The molecule has 0 unspecified atom stereocenters. The predicted octanol–water partition coefficient (Wildman–Crippen LogP) is 7.33. The summed E-state index contributed by atoms with van der Waals surface area (Å²) in [4.78, 5) is 14.4. The van der Waals surface area contributed by atoms with Crippen molar-refractivity contribution in [2.24, 2.45) is 22.7 Å². The lowest BCUT2D eigenvalue weighted by atomic mass is 9.69. The molecule has 1 N–H and O–H groups in total. The van der Waals surface area contributed by atoms with E-state index in [9.17, 15) is 4.79 Å². The molecule has 1 saturated heterocycles. The molecule has 39 heavy (non-hydrogen) atoms. The van der Waals surface area contributed by atoms with E-state index >= 15 is 4.57 Å². The maximum absolute atomic E-state index is 15.1. The lowest BCUT2D eigenvalue weighted by molar-refractivity contribution is -0.133. The van der Waals surface area contributed by atoms with Crippen LogP contribution in [0.15, 0.2) is 89.4 Å². The molecule has 1 heterocycles. The molecule has 3 aromatic carbocycles. The van der Waals surface area contributed by atoms with Crippen LogP contribution in [-0.2, 0) is 9.36 Å². The minimum absolute atomic E-state index is 0.135. The number of hydrogen-bond donors (Lipinski definition) is 1. The van der Waals surface area contributed by atoms with Gasteiger partial charge in [-0.2, -0.15) is 0 Å². The summed E-state index contributed by atoms with van der Waals surface area (Å²) in [6.07, 6.45) is 3.59. The Labute approximate surface area is 245 Å². The average molecular weight is 624 g/mol. The molecule has 6 rings (SSSR count). The van der Waals surface area contributed by atoms with Crippen molar-refractivity contribution in [3.05, 3.63) is 95.0 Å². The van der Waals surface area contributed by atoms with Gasteiger partial charge in [-0.15, -0.1) is 0 Å². The van der Waals surface area contributed by atoms with Crippen molar-refractivity contribution in [3.8, 4) is 0 Å². The van der Waals surface area contributed by atoms with E-state index in [0.717, 1.165) is 32.8 Å². The number of hydrogen-bond acceptors (Lipinski definition) is 3. The fourth-order valence-corrected chi connectivity index (χ4v) is 12.3. The molecule has 5 atom stereocenters. The Kier molecular flexibility index (Phi) is 7.15. The minimum atomic E-state index is -3.28. The normalized spacial score (nSPS) is 26.8. The van der Waals surface area contributed by atoms with E-state index in [0.29, 0.717) is 5.92 Å². The maximum Gasteiger partial charge on any atom is 0.237 e. The van der Waals surface area contributed by atoms with Crippen LogP contribution in [0, 0.1) is 22.7 Å². The van der Waals surface area contributed by atoms with Crippen LogP contribution in [0.5, 0.6) is 0 Å². The second-order valence-electron chi connectivity index (χ2n) is 12.0. The molecule has 204 valence electrons. The van der Waals surface area contributed by atoms with Gasteiger partial charge in [0, 0.05) is 26.2 Å². The van der Waals surface area contributed by atoms with E-state index in [1.807, 2.05) is 91.9 Å². The second kappa shape index (κ2) is 10.2. The van der Waals surface area contributed by atoms with Crippen LogP contribution in [-0.4, -0.2) is 22.0 Å². The second-order valence-corrected chi connectivity index (χ2v) is 16.4. The van der Waals surface area contributed by atoms with Gasteiger partial charge in [0.05, 0.1) is 18.0 Å². The number of fused-ring (bicyclic) bond motifs is 1. The number of halogens is 1. The van der Waals surface area contributed by atoms with Gasteiger partial charge in [0.25, 0.3) is 0 Å². The number of benzene rings is 3. The Morgan fingerprint density at radius 1 is 1.03 bits per heavy atom. The minimum Gasteiger partial charge on any atom is -0.297 e. The standard InChI is InChI=1S/C32H36BrN2O2PS/c1-22(30(36)35-28-20-24-17-18-32(28,21-39-35)31(24,2)3)29(23-11-10-12-25(33)19-23)34-38(37,26-13-6-4-7-14-26)27-15-8-5-9-16-27/h4-16,19,22,24,28-29H,17-18,20-21H2,1-3H3,(H,34,37)/t22-,24+,28+,29-,32+/m1/s1. The van der Waals surface area contributed by atoms with Crippen molar-refractivity contribution in [2.75, 3.05) is 5.75 Å². The molecular weight excluding hydrogens is 587 g/mol. The summed E-state index contributed by atoms with van der Waals surface area (Å²) < 4.78 is 18.1. The van der Waals surface area contributed by atoms with Gasteiger partial charge < -0.3 is 0 Å². The quantitative estimate of drug-likeness (QED) is 0.221. The first-order chi connectivity index (χ1) is 18.7. The summed E-state index contributed by atoms with van der Waals surface area (Å²) in [6, 6.07) is 27.1. The van der Waals surface area contributed by atoms with Crippen molar-refractivity contribution in [1.29, 1.82) is 0 Å². The largest absolute Gasteiger partial charge is 0.297 e. The highest BCUT2D eigenvalue weighted by atomic mass is 79.9. The van der Waals surface area contributed by atoms with Crippen molar-refractivity contribution >= 4 is 51.7 Å². The third-order valence-electron chi connectivity index (χ3n) is 10.0. The summed E-state index contributed by atoms with van der Waals surface area (Å²) in [7, 11) is -3.28. The predicted molar refractivity (Wildman–Crippen MR) is 166 cm³/mol. The van der Waals surface area contributed by atoms with E-state index in [1.165, 1.54) is 12.8 Å². The van der Waals surface area contributed by atoms with Gasteiger partial charge in [0.1, 0.15) is 0 Å². The van der Waals surface area contributed by atoms with Gasteiger partial charge in [-0.3, -0.25) is 18.8 Å². The van der Waals surface area contributed by atoms with E-state index < -0.39 is 19.3 Å². The maximum atomic E-state index is 15.1. The van der Waals surface area contributed by atoms with Crippen LogP contribution in [0.2, 0.25) is 0 Å². The lowest BCUT2D eigenvalue weighted by Gasteiger charge is -2.39.